The van der Waals surface area contributed by atoms with E-state index in [0.29, 0.717) is 0 Å². The molecule has 0 radical (unpaired) electrons. The number of carbonyl (C=O) groups excluding carboxylic acids is 1. The van der Waals surface area contributed by atoms with Gasteiger partial charge < -0.3 is 10.1 Å². The van der Waals surface area contributed by atoms with Gasteiger partial charge in [0.2, 0.25) is 0 Å². The lowest BCUT2D eigenvalue weighted by Crippen LogP contribution is -2.46. The Morgan fingerprint density at radius 2 is 1.55 bits per heavy atom. The van der Waals surface area contributed by atoms with E-state index in [0.717, 1.165) is 5.75 Å². The highest BCUT2D eigenvalue weighted by molar-refractivity contribution is 5.81. The molecule has 0 fully saturated rings. The molecule has 0 saturated heterocycles. The van der Waals surface area contributed by atoms with Crippen LogP contribution in [0.2, 0.25) is 0 Å². The van der Waals surface area contributed by atoms with Crippen LogP contribution in [0.4, 0.5) is 0 Å². The number of carbonyl (C=O) groups is 1. The number of benzene rings is 1. The molecule has 0 unspecified atom stereocenters. The highest BCUT2D eigenvalue weighted by Crippen LogP contribution is 2.24. The molecule has 3 nitrogen and oxygen atoms in total. The SMILES string of the molecule is C[C@H](Oc1ccc(C(C)(C)C)cc1)C(=O)NC(C)(C)C. The first-order valence-electron chi connectivity index (χ1n) is 7.08. The molecular weight excluding hydrogens is 250 g/mol. The van der Waals surface area contributed by atoms with Crippen LogP contribution in [-0.2, 0) is 10.2 Å². The van der Waals surface area contributed by atoms with Gasteiger partial charge in [-0.3, -0.25) is 4.79 Å². The van der Waals surface area contributed by atoms with Gasteiger partial charge in [0, 0.05) is 5.54 Å². The van der Waals surface area contributed by atoms with Crippen molar-refractivity contribution < 1.29 is 9.53 Å². The third kappa shape index (κ3) is 5.24. The van der Waals surface area contributed by atoms with Gasteiger partial charge in [0.25, 0.3) is 5.91 Å². The van der Waals surface area contributed by atoms with E-state index in [-0.39, 0.29) is 16.9 Å². The van der Waals surface area contributed by atoms with Crippen molar-refractivity contribution in [1.29, 1.82) is 0 Å². The lowest BCUT2D eigenvalue weighted by molar-refractivity contribution is -0.128. The minimum absolute atomic E-state index is 0.0996. The monoisotopic (exact) mass is 277 g/mol. The maximum atomic E-state index is 12.0. The summed E-state index contributed by atoms with van der Waals surface area (Å²) in [6.07, 6.45) is -0.505. The minimum Gasteiger partial charge on any atom is -0.481 e. The predicted octanol–water partition coefficient (Wildman–Crippen LogP) is 3.67. The highest BCUT2D eigenvalue weighted by Gasteiger charge is 2.20. The normalized spacial score (nSPS) is 13.8. The minimum atomic E-state index is -0.505. The van der Waals surface area contributed by atoms with Gasteiger partial charge >= 0.3 is 0 Å². The van der Waals surface area contributed by atoms with Gasteiger partial charge in [0.15, 0.2) is 6.10 Å². The molecular formula is C17H27NO2. The van der Waals surface area contributed by atoms with Gasteiger partial charge in [0.05, 0.1) is 0 Å². The lowest BCUT2D eigenvalue weighted by atomic mass is 9.87. The van der Waals surface area contributed by atoms with Gasteiger partial charge in [-0.2, -0.15) is 0 Å². The number of amides is 1. The molecule has 0 heterocycles. The van der Waals surface area contributed by atoms with Crippen molar-refractivity contribution in [1.82, 2.24) is 5.32 Å². The molecule has 1 amide bonds. The van der Waals surface area contributed by atoms with Crippen molar-refractivity contribution in [2.24, 2.45) is 0 Å². The average Bonchev–Trinajstić information content (AvgIpc) is 2.26. The van der Waals surface area contributed by atoms with E-state index in [2.05, 4.69) is 26.1 Å². The van der Waals surface area contributed by atoms with Crippen LogP contribution in [-0.4, -0.2) is 17.6 Å². The molecule has 112 valence electrons. The maximum absolute atomic E-state index is 12.0. The van der Waals surface area contributed by atoms with Gasteiger partial charge in [-0.15, -0.1) is 0 Å². The standard InChI is InChI=1S/C17H27NO2/c1-12(15(19)18-17(5,6)7)20-14-10-8-13(9-11-14)16(2,3)4/h8-12H,1-7H3,(H,18,19)/t12-/m0/s1. The summed E-state index contributed by atoms with van der Waals surface area (Å²) in [6, 6.07) is 7.93. The number of ether oxygens (including phenoxy) is 1. The summed E-state index contributed by atoms with van der Waals surface area (Å²) >= 11 is 0. The van der Waals surface area contributed by atoms with Crippen LogP contribution in [0.3, 0.4) is 0 Å². The summed E-state index contributed by atoms with van der Waals surface area (Å²) in [7, 11) is 0. The number of hydrogen-bond acceptors (Lipinski definition) is 2. The second kappa shape index (κ2) is 5.86. The molecule has 20 heavy (non-hydrogen) atoms. The molecule has 1 aromatic rings. The number of hydrogen-bond donors (Lipinski definition) is 1. The van der Waals surface area contributed by atoms with E-state index in [4.69, 9.17) is 4.74 Å². The first-order chi connectivity index (χ1) is 8.99. The summed E-state index contributed by atoms with van der Waals surface area (Å²) < 4.78 is 5.68. The molecule has 0 saturated carbocycles. The highest BCUT2D eigenvalue weighted by atomic mass is 16.5. The quantitative estimate of drug-likeness (QED) is 0.915. The van der Waals surface area contributed by atoms with Crippen molar-refractivity contribution in [3.8, 4) is 5.75 Å². The van der Waals surface area contributed by atoms with Crippen LogP contribution >= 0.6 is 0 Å². The first-order valence-corrected chi connectivity index (χ1v) is 7.08. The third-order valence-electron chi connectivity index (χ3n) is 2.90. The van der Waals surface area contributed by atoms with E-state index in [9.17, 15) is 4.79 Å². The van der Waals surface area contributed by atoms with Crippen molar-refractivity contribution in [3.05, 3.63) is 29.8 Å². The zero-order valence-corrected chi connectivity index (χ0v) is 13.7. The zero-order chi connectivity index (χ0) is 15.6. The fraction of sp³-hybridized carbons (Fsp3) is 0.588. The fourth-order valence-corrected chi connectivity index (χ4v) is 1.76. The molecule has 0 aliphatic carbocycles. The van der Waals surface area contributed by atoms with Crippen LogP contribution in [0.1, 0.15) is 54.0 Å². The fourth-order valence-electron chi connectivity index (χ4n) is 1.76. The maximum Gasteiger partial charge on any atom is 0.261 e. The summed E-state index contributed by atoms with van der Waals surface area (Å²) in [4.78, 5) is 12.0. The molecule has 0 aromatic heterocycles. The number of rotatable bonds is 3. The van der Waals surface area contributed by atoms with E-state index in [1.54, 1.807) is 6.92 Å². The van der Waals surface area contributed by atoms with Crippen LogP contribution in [0.5, 0.6) is 5.75 Å². The van der Waals surface area contributed by atoms with Gasteiger partial charge in [-0.25, -0.2) is 0 Å². The molecule has 1 aromatic carbocycles. The van der Waals surface area contributed by atoms with E-state index < -0.39 is 6.10 Å². The van der Waals surface area contributed by atoms with Crippen molar-refractivity contribution in [3.63, 3.8) is 0 Å². The molecule has 3 heteroatoms. The predicted molar refractivity (Wildman–Crippen MR) is 83.1 cm³/mol. The van der Waals surface area contributed by atoms with E-state index in [1.165, 1.54) is 5.56 Å². The Morgan fingerprint density at radius 1 is 1.05 bits per heavy atom. The second-order valence-electron chi connectivity index (χ2n) is 7.27. The molecule has 0 aliphatic rings. The Labute approximate surface area is 122 Å². The Morgan fingerprint density at radius 3 is 1.95 bits per heavy atom. The number of nitrogens with one attached hydrogen (secondary N) is 1. The Balaban J connectivity index is 2.67. The molecule has 0 aliphatic heterocycles. The smallest absolute Gasteiger partial charge is 0.261 e. The molecule has 0 bridgehead atoms. The first kappa shape index (κ1) is 16.5. The summed E-state index contributed by atoms with van der Waals surface area (Å²) in [5.74, 6) is 0.618. The molecule has 0 spiro atoms. The molecule has 1 N–H and O–H groups in total. The Hall–Kier alpha value is -1.51. The van der Waals surface area contributed by atoms with E-state index in [1.807, 2.05) is 45.0 Å². The Bertz CT molecular complexity index is 449. The average molecular weight is 277 g/mol. The lowest BCUT2D eigenvalue weighted by Gasteiger charge is -2.24. The van der Waals surface area contributed by atoms with Crippen molar-refractivity contribution >= 4 is 5.91 Å². The van der Waals surface area contributed by atoms with Gasteiger partial charge in [-0.1, -0.05) is 32.9 Å². The van der Waals surface area contributed by atoms with Crippen LogP contribution in [0.25, 0.3) is 0 Å². The summed E-state index contributed by atoms with van der Waals surface area (Å²) in [5, 5.41) is 2.91. The van der Waals surface area contributed by atoms with Crippen molar-refractivity contribution in [2.45, 2.75) is 65.5 Å². The zero-order valence-electron chi connectivity index (χ0n) is 13.7. The van der Waals surface area contributed by atoms with Crippen LogP contribution in [0, 0.1) is 0 Å². The molecule has 1 rings (SSSR count). The van der Waals surface area contributed by atoms with Crippen molar-refractivity contribution in [2.75, 3.05) is 0 Å². The van der Waals surface area contributed by atoms with Gasteiger partial charge in [-0.05, 0) is 50.8 Å². The topological polar surface area (TPSA) is 38.3 Å². The summed E-state index contributed by atoms with van der Waals surface area (Å²) in [6.45, 7) is 14.1. The van der Waals surface area contributed by atoms with Crippen LogP contribution < -0.4 is 10.1 Å². The summed E-state index contributed by atoms with van der Waals surface area (Å²) in [5.41, 5.74) is 1.12. The van der Waals surface area contributed by atoms with E-state index >= 15 is 0 Å². The largest absolute Gasteiger partial charge is 0.481 e. The molecule has 1 atom stereocenters. The second-order valence-corrected chi connectivity index (χ2v) is 7.27. The third-order valence-corrected chi connectivity index (χ3v) is 2.90. The Kier molecular flexibility index (Phi) is 4.85. The van der Waals surface area contributed by atoms with Gasteiger partial charge in [0.1, 0.15) is 5.75 Å². The van der Waals surface area contributed by atoms with Crippen LogP contribution in [0.15, 0.2) is 24.3 Å².